The second-order valence-electron chi connectivity index (χ2n) is 6.78. The lowest BCUT2D eigenvalue weighted by Gasteiger charge is -2.38. The summed E-state index contributed by atoms with van der Waals surface area (Å²) in [7, 11) is -3.48. The number of quaternary nitrogens is 1. The van der Waals surface area contributed by atoms with Crippen LogP contribution in [0.15, 0.2) is 29.2 Å². The average molecular weight is 315 g/mol. The zero-order chi connectivity index (χ0) is 15.9. The number of primary sulfonamides is 1. The molecule has 4 nitrogen and oxygen atoms in total. The van der Waals surface area contributed by atoms with E-state index in [1.165, 1.54) is 16.9 Å². The van der Waals surface area contributed by atoms with Crippen molar-refractivity contribution in [3.8, 4) is 0 Å². The lowest BCUT2D eigenvalue weighted by Crippen LogP contribution is -2.88. The molecule has 1 aliphatic rings. The van der Waals surface area contributed by atoms with Crippen LogP contribution in [0.3, 0.4) is 0 Å². The molecule has 4 N–H and O–H groups in total. The third kappa shape index (κ3) is 3.12. The lowest BCUT2D eigenvalue weighted by atomic mass is 9.72. The van der Waals surface area contributed by atoms with Crippen LogP contribution in [0, 0.1) is 17.2 Å². The topological polar surface area (TPSA) is 76.8 Å². The standard InChI is InChI=1S/C15H23FN2O2S/c1-14(2)11(8-9-15(14,3)17)10-18-21(19,20)13-6-4-12(16)5-7-13/h4-7,11,18H,8-10,17H2,1-3H3/p+1/t11-,15-/m1/s1. The Balaban J connectivity index is 2.08. The van der Waals surface area contributed by atoms with Crippen molar-refractivity contribution in [3.05, 3.63) is 30.1 Å². The number of hydrogen-bond acceptors (Lipinski definition) is 3. The molecule has 0 amide bonds. The Morgan fingerprint density at radius 2 is 1.86 bits per heavy atom. The molecule has 0 radical (unpaired) electrons. The molecule has 1 aromatic carbocycles. The SMILES string of the molecule is CC1(C)[C@@H](C[NH2+]S(=O)(=O)c2ccc(F)cc2)CC[C@@]1(C)N. The van der Waals surface area contributed by atoms with Crippen LogP contribution in [-0.2, 0) is 10.0 Å². The van der Waals surface area contributed by atoms with Gasteiger partial charge in [-0.3, -0.25) is 0 Å². The van der Waals surface area contributed by atoms with Crippen molar-refractivity contribution in [2.75, 3.05) is 6.54 Å². The highest BCUT2D eigenvalue weighted by atomic mass is 32.2. The van der Waals surface area contributed by atoms with Gasteiger partial charge in [-0.25, -0.2) is 9.11 Å². The molecule has 1 aromatic rings. The summed E-state index contributed by atoms with van der Waals surface area (Å²) >= 11 is 0. The van der Waals surface area contributed by atoms with Crippen molar-refractivity contribution >= 4 is 10.0 Å². The van der Waals surface area contributed by atoms with Gasteiger partial charge in [-0.1, -0.05) is 13.8 Å². The van der Waals surface area contributed by atoms with Crippen molar-refractivity contribution in [1.82, 2.24) is 0 Å². The fraction of sp³-hybridized carbons (Fsp3) is 0.600. The summed E-state index contributed by atoms with van der Waals surface area (Å²) in [6, 6.07) is 4.93. The third-order valence-electron chi connectivity index (χ3n) is 5.25. The second kappa shape index (κ2) is 5.34. The van der Waals surface area contributed by atoms with Crippen molar-refractivity contribution in [2.45, 2.75) is 44.0 Å². The molecule has 0 saturated heterocycles. The normalized spacial score (nSPS) is 28.7. The highest BCUT2D eigenvalue weighted by Crippen LogP contribution is 2.47. The summed E-state index contributed by atoms with van der Waals surface area (Å²) < 4.78 is 38.8. The first kappa shape index (κ1) is 16.4. The largest absolute Gasteiger partial charge is 0.325 e. The van der Waals surface area contributed by atoms with Gasteiger partial charge in [0.2, 0.25) is 0 Å². The van der Waals surface area contributed by atoms with Crippen LogP contribution in [0.25, 0.3) is 0 Å². The third-order valence-corrected chi connectivity index (χ3v) is 6.81. The highest BCUT2D eigenvalue weighted by Gasteiger charge is 2.50. The van der Waals surface area contributed by atoms with Crippen LogP contribution in [0.1, 0.15) is 33.6 Å². The average Bonchev–Trinajstić information content (AvgIpc) is 2.58. The quantitative estimate of drug-likeness (QED) is 0.877. The molecule has 0 heterocycles. The zero-order valence-electron chi connectivity index (χ0n) is 12.8. The van der Waals surface area contributed by atoms with Gasteiger partial charge in [0.25, 0.3) is 0 Å². The smallest absolute Gasteiger partial charge is 0.324 e. The Kier molecular flexibility index (Phi) is 4.17. The second-order valence-corrected chi connectivity index (χ2v) is 8.67. The molecule has 21 heavy (non-hydrogen) atoms. The molecule has 2 rings (SSSR count). The molecule has 2 atom stereocenters. The number of sulfonamides is 1. The van der Waals surface area contributed by atoms with Gasteiger partial charge in [-0.15, -0.1) is 0 Å². The van der Waals surface area contributed by atoms with Crippen LogP contribution >= 0.6 is 0 Å². The number of rotatable bonds is 4. The van der Waals surface area contributed by atoms with E-state index in [1.807, 2.05) is 6.92 Å². The van der Waals surface area contributed by atoms with E-state index in [9.17, 15) is 12.8 Å². The molecule has 1 fully saturated rings. The summed E-state index contributed by atoms with van der Waals surface area (Å²) in [4.78, 5) is 0.134. The number of nitrogens with two attached hydrogens (primary N) is 2. The predicted molar refractivity (Wildman–Crippen MR) is 79.5 cm³/mol. The van der Waals surface area contributed by atoms with E-state index in [1.54, 1.807) is 0 Å². The van der Waals surface area contributed by atoms with E-state index in [0.29, 0.717) is 6.54 Å². The fourth-order valence-corrected chi connectivity index (χ4v) is 4.19. The molecular weight excluding hydrogens is 291 g/mol. The van der Waals surface area contributed by atoms with Gasteiger partial charge in [0, 0.05) is 11.5 Å². The molecule has 0 bridgehead atoms. The number of benzene rings is 1. The minimum atomic E-state index is -3.48. The van der Waals surface area contributed by atoms with E-state index >= 15 is 0 Å². The first-order valence-corrected chi connectivity index (χ1v) is 8.74. The number of hydrogen-bond donors (Lipinski definition) is 2. The van der Waals surface area contributed by atoms with Crippen LogP contribution in [0.2, 0.25) is 0 Å². The van der Waals surface area contributed by atoms with Gasteiger partial charge >= 0.3 is 10.0 Å². The van der Waals surface area contributed by atoms with Crippen molar-refractivity contribution in [2.24, 2.45) is 17.1 Å². The van der Waals surface area contributed by atoms with Crippen molar-refractivity contribution < 1.29 is 17.5 Å². The summed E-state index contributed by atoms with van der Waals surface area (Å²) in [5, 5.41) is 0. The minimum Gasteiger partial charge on any atom is -0.325 e. The van der Waals surface area contributed by atoms with E-state index in [4.69, 9.17) is 5.73 Å². The van der Waals surface area contributed by atoms with Crippen LogP contribution in [0.5, 0.6) is 0 Å². The van der Waals surface area contributed by atoms with Gasteiger partial charge in [0.05, 0.1) is 6.54 Å². The summed E-state index contributed by atoms with van der Waals surface area (Å²) in [5.41, 5.74) is 5.93. The Labute approximate surface area is 126 Å². The Hall–Kier alpha value is -0.980. The Morgan fingerprint density at radius 1 is 1.29 bits per heavy atom. The van der Waals surface area contributed by atoms with Crippen LogP contribution in [-0.4, -0.2) is 20.5 Å². The maximum Gasteiger partial charge on any atom is 0.324 e. The molecule has 118 valence electrons. The molecule has 0 aliphatic heterocycles. The molecule has 6 heteroatoms. The van der Waals surface area contributed by atoms with Crippen molar-refractivity contribution in [3.63, 3.8) is 0 Å². The molecule has 0 unspecified atom stereocenters. The Bertz CT molecular complexity index is 609. The van der Waals surface area contributed by atoms with Gasteiger partial charge in [0.1, 0.15) is 10.7 Å². The summed E-state index contributed by atoms with van der Waals surface area (Å²) in [6.45, 7) is 6.70. The van der Waals surface area contributed by atoms with E-state index in [0.717, 1.165) is 25.0 Å². The highest BCUT2D eigenvalue weighted by molar-refractivity contribution is 7.84. The van der Waals surface area contributed by atoms with Gasteiger partial charge < -0.3 is 5.73 Å². The molecule has 0 spiro atoms. The lowest BCUT2D eigenvalue weighted by molar-refractivity contribution is -0.508. The molecule has 1 aliphatic carbocycles. The van der Waals surface area contributed by atoms with Gasteiger partial charge in [0.15, 0.2) is 0 Å². The fourth-order valence-electron chi connectivity index (χ4n) is 3.00. The minimum absolute atomic E-state index is 0.109. The maximum absolute atomic E-state index is 12.9. The van der Waals surface area contributed by atoms with Gasteiger partial charge in [-0.05, 0) is 49.4 Å². The van der Waals surface area contributed by atoms with E-state index in [2.05, 4.69) is 13.8 Å². The summed E-state index contributed by atoms with van der Waals surface area (Å²) in [5.74, 6) is -0.201. The first-order chi connectivity index (χ1) is 9.56. The first-order valence-electron chi connectivity index (χ1n) is 7.19. The summed E-state index contributed by atoms with van der Waals surface area (Å²) in [6.07, 6.45) is 1.82. The van der Waals surface area contributed by atoms with Gasteiger partial charge in [-0.2, -0.15) is 8.42 Å². The van der Waals surface area contributed by atoms with Crippen molar-refractivity contribution in [1.29, 1.82) is 0 Å². The zero-order valence-corrected chi connectivity index (χ0v) is 13.6. The monoisotopic (exact) mass is 315 g/mol. The molecule has 0 aromatic heterocycles. The predicted octanol–water partition coefficient (Wildman–Crippen LogP) is 1.23. The molecular formula is C15H24FN2O2S+. The van der Waals surface area contributed by atoms with Crippen LogP contribution < -0.4 is 10.5 Å². The van der Waals surface area contributed by atoms with Crippen LogP contribution in [0.4, 0.5) is 4.39 Å². The van der Waals surface area contributed by atoms with E-state index < -0.39 is 15.8 Å². The number of halogens is 1. The van der Waals surface area contributed by atoms with E-state index in [-0.39, 0.29) is 21.8 Å². The molecule has 1 saturated carbocycles. The Morgan fingerprint density at radius 3 is 2.33 bits per heavy atom. The maximum atomic E-state index is 12.9.